The molecule has 2 aliphatic heterocycles. The first-order valence-corrected chi connectivity index (χ1v) is 12.9. The molecule has 180 valence electrons. The number of hydrogen-bond donors (Lipinski definition) is 2. The van der Waals surface area contributed by atoms with Gasteiger partial charge in [0, 0.05) is 31.5 Å². The molecule has 0 aromatic heterocycles. The van der Waals surface area contributed by atoms with E-state index in [2.05, 4.69) is 27.7 Å². The number of aryl methyl sites for hydroxylation is 1. The second-order valence-corrected chi connectivity index (χ2v) is 10.7. The summed E-state index contributed by atoms with van der Waals surface area (Å²) in [6.45, 7) is 4.35. The standard InChI is InChI=1S/C25H30N4O4S/c1-19-9-11-22(12-10-19)34(32,33)29-15-13-26-25(31)23(29)16-24(30)27-21-8-5-14-28(18-21)17-20-6-3-2-4-7-20/h2-4,6-7,9-13,15,21,23H,5,8,14,16-18H2,1H3,(H,26,31)(H,27,30)/t21-,23-/m1/s1. The lowest BCUT2D eigenvalue weighted by Crippen LogP contribution is -2.53. The van der Waals surface area contributed by atoms with Gasteiger partial charge in [-0.25, -0.2) is 8.42 Å². The maximum absolute atomic E-state index is 13.2. The normalized spacial score (nSPS) is 21.2. The molecule has 2 aromatic rings. The van der Waals surface area contributed by atoms with Crippen molar-refractivity contribution in [3.63, 3.8) is 0 Å². The maximum Gasteiger partial charge on any atom is 0.264 e. The summed E-state index contributed by atoms with van der Waals surface area (Å²) in [4.78, 5) is 27.8. The molecular formula is C25H30N4O4S. The Bertz CT molecular complexity index is 1150. The van der Waals surface area contributed by atoms with Gasteiger partial charge >= 0.3 is 0 Å². The Balaban J connectivity index is 1.41. The number of carbonyl (C=O) groups excluding carboxylic acids is 2. The van der Waals surface area contributed by atoms with E-state index in [0.29, 0.717) is 6.54 Å². The van der Waals surface area contributed by atoms with Gasteiger partial charge in [-0.3, -0.25) is 18.8 Å². The average Bonchev–Trinajstić information content (AvgIpc) is 2.81. The fourth-order valence-corrected chi connectivity index (χ4v) is 5.84. The van der Waals surface area contributed by atoms with Crippen molar-refractivity contribution in [1.82, 2.24) is 19.8 Å². The molecule has 1 saturated heterocycles. The third-order valence-corrected chi connectivity index (χ3v) is 7.95. The van der Waals surface area contributed by atoms with E-state index < -0.39 is 22.0 Å². The minimum atomic E-state index is -3.99. The van der Waals surface area contributed by atoms with Crippen molar-refractivity contribution < 1.29 is 18.0 Å². The third-order valence-electron chi connectivity index (χ3n) is 6.15. The van der Waals surface area contributed by atoms with Gasteiger partial charge in [-0.1, -0.05) is 48.0 Å². The molecule has 8 nitrogen and oxygen atoms in total. The Morgan fingerprint density at radius 1 is 1.12 bits per heavy atom. The van der Waals surface area contributed by atoms with E-state index in [1.165, 1.54) is 30.1 Å². The SMILES string of the molecule is Cc1ccc(S(=O)(=O)N2C=CNC(=O)[C@H]2CC(=O)N[C@@H]2CCCN(Cc3ccccc3)C2)cc1. The number of nitrogens with one attached hydrogen (secondary N) is 2. The summed E-state index contributed by atoms with van der Waals surface area (Å²) in [6, 6.07) is 15.4. The molecule has 0 aliphatic carbocycles. The molecule has 0 unspecified atom stereocenters. The molecule has 1 fully saturated rings. The monoisotopic (exact) mass is 482 g/mol. The highest BCUT2D eigenvalue weighted by Gasteiger charge is 2.37. The van der Waals surface area contributed by atoms with Crippen LogP contribution in [-0.4, -0.2) is 54.6 Å². The van der Waals surface area contributed by atoms with Gasteiger partial charge in [-0.2, -0.15) is 0 Å². The molecule has 34 heavy (non-hydrogen) atoms. The zero-order valence-corrected chi connectivity index (χ0v) is 20.0. The molecule has 0 saturated carbocycles. The van der Waals surface area contributed by atoms with E-state index >= 15 is 0 Å². The first-order valence-electron chi connectivity index (χ1n) is 11.5. The lowest BCUT2D eigenvalue weighted by atomic mass is 10.0. The molecular weight excluding hydrogens is 452 g/mol. The minimum absolute atomic E-state index is 0.0469. The molecule has 4 rings (SSSR count). The van der Waals surface area contributed by atoms with Crippen molar-refractivity contribution in [2.75, 3.05) is 13.1 Å². The van der Waals surface area contributed by atoms with Gasteiger partial charge in [0.15, 0.2) is 0 Å². The van der Waals surface area contributed by atoms with Crippen LogP contribution in [0, 0.1) is 6.92 Å². The fourth-order valence-electron chi connectivity index (χ4n) is 4.39. The molecule has 9 heteroatoms. The Labute approximate surface area is 200 Å². The zero-order chi connectivity index (χ0) is 24.1. The minimum Gasteiger partial charge on any atom is -0.352 e. The lowest BCUT2D eigenvalue weighted by Gasteiger charge is -2.34. The van der Waals surface area contributed by atoms with E-state index in [4.69, 9.17) is 0 Å². The zero-order valence-electron chi connectivity index (χ0n) is 19.2. The predicted octanol–water partition coefficient (Wildman–Crippen LogP) is 2.13. The highest BCUT2D eigenvalue weighted by molar-refractivity contribution is 7.89. The van der Waals surface area contributed by atoms with Crippen LogP contribution in [0.25, 0.3) is 0 Å². The van der Waals surface area contributed by atoms with Crippen LogP contribution in [-0.2, 0) is 26.2 Å². The number of piperidine rings is 1. The van der Waals surface area contributed by atoms with E-state index in [1.807, 2.05) is 25.1 Å². The van der Waals surface area contributed by atoms with Crippen molar-refractivity contribution >= 4 is 21.8 Å². The Morgan fingerprint density at radius 2 is 1.85 bits per heavy atom. The molecule has 2 aliphatic rings. The number of amides is 2. The first-order chi connectivity index (χ1) is 16.3. The van der Waals surface area contributed by atoms with Crippen LogP contribution in [0.3, 0.4) is 0 Å². The Kier molecular flexibility index (Phi) is 7.33. The molecule has 2 atom stereocenters. The number of rotatable bonds is 7. The lowest BCUT2D eigenvalue weighted by molar-refractivity contribution is -0.130. The summed E-state index contributed by atoms with van der Waals surface area (Å²) in [5.41, 5.74) is 2.15. The van der Waals surface area contributed by atoms with E-state index in [-0.39, 0.29) is 23.3 Å². The molecule has 0 spiro atoms. The summed E-state index contributed by atoms with van der Waals surface area (Å²) in [6.07, 6.45) is 4.13. The predicted molar refractivity (Wildman–Crippen MR) is 129 cm³/mol. The highest BCUT2D eigenvalue weighted by Crippen LogP contribution is 2.23. The molecule has 0 radical (unpaired) electrons. The van der Waals surface area contributed by atoms with Crippen LogP contribution in [0.2, 0.25) is 0 Å². The number of nitrogens with zero attached hydrogens (tertiary/aromatic N) is 2. The number of likely N-dealkylation sites (tertiary alicyclic amines) is 1. The molecule has 2 amide bonds. The summed E-state index contributed by atoms with van der Waals surface area (Å²) in [7, 11) is -3.99. The first kappa shape index (κ1) is 24.0. The Hall–Kier alpha value is -3.17. The number of hydrogen-bond acceptors (Lipinski definition) is 5. The topological polar surface area (TPSA) is 98.8 Å². The maximum atomic E-state index is 13.2. The van der Waals surface area contributed by atoms with Crippen molar-refractivity contribution in [1.29, 1.82) is 0 Å². The van der Waals surface area contributed by atoms with Crippen molar-refractivity contribution in [2.24, 2.45) is 0 Å². The highest BCUT2D eigenvalue weighted by atomic mass is 32.2. The van der Waals surface area contributed by atoms with Gasteiger partial charge in [-0.05, 0) is 44.0 Å². The van der Waals surface area contributed by atoms with Crippen LogP contribution >= 0.6 is 0 Å². The van der Waals surface area contributed by atoms with Gasteiger partial charge in [0.1, 0.15) is 6.04 Å². The van der Waals surface area contributed by atoms with Gasteiger partial charge in [0.25, 0.3) is 10.0 Å². The summed E-state index contributed by atoms with van der Waals surface area (Å²) in [5.74, 6) is -0.867. The second-order valence-electron chi connectivity index (χ2n) is 8.82. The van der Waals surface area contributed by atoms with Gasteiger partial charge in [-0.15, -0.1) is 0 Å². The summed E-state index contributed by atoms with van der Waals surface area (Å²) in [5, 5.41) is 5.54. The van der Waals surface area contributed by atoms with Gasteiger partial charge in [0.2, 0.25) is 11.8 Å². The van der Waals surface area contributed by atoms with Crippen LogP contribution in [0.4, 0.5) is 0 Å². The number of carbonyl (C=O) groups is 2. The van der Waals surface area contributed by atoms with Gasteiger partial charge in [0.05, 0.1) is 11.3 Å². The molecule has 0 bridgehead atoms. The molecule has 2 heterocycles. The smallest absolute Gasteiger partial charge is 0.264 e. The fraction of sp³-hybridized carbons (Fsp3) is 0.360. The molecule has 2 N–H and O–H groups in total. The quantitative estimate of drug-likeness (QED) is 0.630. The second kappa shape index (κ2) is 10.4. The van der Waals surface area contributed by atoms with Crippen LogP contribution in [0.1, 0.15) is 30.4 Å². The van der Waals surface area contributed by atoms with Crippen molar-refractivity contribution in [3.8, 4) is 0 Å². The van der Waals surface area contributed by atoms with Crippen molar-refractivity contribution in [3.05, 3.63) is 78.1 Å². The van der Waals surface area contributed by atoms with Crippen LogP contribution in [0.15, 0.2) is 71.9 Å². The van der Waals surface area contributed by atoms with Gasteiger partial charge < -0.3 is 10.6 Å². The van der Waals surface area contributed by atoms with E-state index in [9.17, 15) is 18.0 Å². The van der Waals surface area contributed by atoms with Crippen molar-refractivity contribution in [2.45, 2.75) is 49.7 Å². The molecule has 2 aromatic carbocycles. The van der Waals surface area contributed by atoms with E-state index in [0.717, 1.165) is 35.8 Å². The van der Waals surface area contributed by atoms with Crippen LogP contribution < -0.4 is 10.6 Å². The Morgan fingerprint density at radius 3 is 2.59 bits per heavy atom. The van der Waals surface area contributed by atoms with E-state index in [1.54, 1.807) is 12.1 Å². The summed E-state index contributed by atoms with van der Waals surface area (Å²) < 4.78 is 27.4. The number of sulfonamides is 1. The average molecular weight is 483 g/mol. The largest absolute Gasteiger partial charge is 0.352 e. The summed E-state index contributed by atoms with van der Waals surface area (Å²) >= 11 is 0. The third kappa shape index (κ3) is 5.66. The number of benzene rings is 2. The van der Waals surface area contributed by atoms with Crippen LogP contribution in [0.5, 0.6) is 0 Å².